The molecule has 6 heteroatoms. The zero-order chi connectivity index (χ0) is 17.5. The summed E-state index contributed by atoms with van der Waals surface area (Å²) in [6.45, 7) is 2.34. The standard InChI is InChI=1S/C18H20N4O2/c1-4-14-9-13(11-19)5-6-17(14)21-18(23)22(2)12-15-10-16(24-3)7-8-20-15/h5-10H,4,12H2,1-3H3,(H,21,23). The zero-order valence-corrected chi connectivity index (χ0v) is 14.0. The Bertz CT molecular complexity index is 768. The lowest BCUT2D eigenvalue weighted by molar-refractivity contribution is 0.220. The van der Waals surface area contributed by atoms with Crippen molar-refractivity contribution in [3.8, 4) is 11.8 Å². The van der Waals surface area contributed by atoms with E-state index in [2.05, 4.69) is 16.4 Å². The Kier molecular flexibility index (Phi) is 5.74. The number of rotatable bonds is 5. The summed E-state index contributed by atoms with van der Waals surface area (Å²) in [4.78, 5) is 18.2. The number of hydrogen-bond donors (Lipinski definition) is 1. The van der Waals surface area contributed by atoms with E-state index in [1.807, 2.05) is 6.92 Å². The van der Waals surface area contributed by atoms with Crippen molar-refractivity contribution in [2.45, 2.75) is 19.9 Å². The summed E-state index contributed by atoms with van der Waals surface area (Å²) < 4.78 is 5.16. The summed E-state index contributed by atoms with van der Waals surface area (Å²) in [6, 6.07) is 10.7. The molecule has 0 atom stereocenters. The summed E-state index contributed by atoms with van der Waals surface area (Å²) in [6.07, 6.45) is 2.38. The van der Waals surface area contributed by atoms with Crippen molar-refractivity contribution in [2.24, 2.45) is 0 Å². The van der Waals surface area contributed by atoms with Gasteiger partial charge >= 0.3 is 6.03 Å². The van der Waals surface area contributed by atoms with Crippen LogP contribution in [0, 0.1) is 11.3 Å². The Labute approximate surface area is 141 Å². The topological polar surface area (TPSA) is 78.2 Å². The number of hydrogen-bond acceptors (Lipinski definition) is 4. The summed E-state index contributed by atoms with van der Waals surface area (Å²) in [5, 5.41) is 11.8. The largest absolute Gasteiger partial charge is 0.497 e. The lowest BCUT2D eigenvalue weighted by Crippen LogP contribution is -2.31. The zero-order valence-electron chi connectivity index (χ0n) is 14.0. The molecular weight excluding hydrogens is 304 g/mol. The van der Waals surface area contributed by atoms with E-state index in [9.17, 15) is 4.79 Å². The van der Waals surface area contributed by atoms with Gasteiger partial charge in [0, 0.05) is 25.0 Å². The van der Waals surface area contributed by atoms with Crippen molar-refractivity contribution in [3.63, 3.8) is 0 Å². The number of carbonyl (C=O) groups is 1. The first-order valence-corrected chi connectivity index (χ1v) is 7.61. The normalized spacial score (nSPS) is 9.92. The number of aromatic nitrogens is 1. The van der Waals surface area contributed by atoms with Gasteiger partial charge in [0.25, 0.3) is 0 Å². The van der Waals surface area contributed by atoms with E-state index < -0.39 is 0 Å². The van der Waals surface area contributed by atoms with E-state index in [0.29, 0.717) is 23.5 Å². The van der Waals surface area contributed by atoms with Gasteiger partial charge in [-0.15, -0.1) is 0 Å². The Morgan fingerprint density at radius 1 is 1.38 bits per heavy atom. The molecule has 0 aliphatic heterocycles. The molecule has 0 saturated carbocycles. The maximum Gasteiger partial charge on any atom is 0.321 e. The summed E-state index contributed by atoms with van der Waals surface area (Å²) >= 11 is 0. The Morgan fingerprint density at radius 3 is 2.83 bits per heavy atom. The fraction of sp³-hybridized carbons (Fsp3) is 0.278. The smallest absolute Gasteiger partial charge is 0.321 e. The summed E-state index contributed by atoms with van der Waals surface area (Å²) in [7, 11) is 3.29. The fourth-order valence-corrected chi connectivity index (χ4v) is 2.27. The SMILES string of the molecule is CCc1cc(C#N)ccc1NC(=O)N(C)Cc1cc(OC)ccn1. The number of benzene rings is 1. The minimum atomic E-state index is -0.237. The van der Waals surface area contributed by atoms with Gasteiger partial charge in [-0.25, -0.2) is 4.79 Å². The van der Waals surface area contributed by atoms with Gasteiger partial charge in [0.2, 0.25) is 0 Å². The second-order valence-corrected chi connectivity index (χ2v) is 5.31. The van der Waals surface area contributed by atoms with Crippen LogP contribution in [-0.4, -0.2) is 30.1 Å². The van der Waals surface area contributed by atoms with Crippen molar-refractivity contribution in [3.05, 3.63) is 53.3 Å². The summed E-state index contributed by atoms with van der Waals surface area (Å²) in [5.74, 6) is 0.703. The molecule has 124 valence electrons. The van der Waals surface area contributed by atoms with Crippen LogP contribution in [0.2, 0.25) is 0 Å². The molecule has 1 aromatic heterocycles. The van der Waals surface area contributed by atoms with Gasteiger partial charge < -0.3 is 15.0 Å². The number of anilines is 1. The highest BCUT2D eigenvalue weighted by Gasteiger charge is 2.12. The third-order valence-electron chi connectivity index (χ3n) is 3.63. The molecule has 0 spiro atoms. The first-order valence-electron chi connectivity index (χ1n) is 7.61. The number of nitrogens with zero attached hydrogens (tertiary/aromatic N) is 3. The number of pyridine rings is 1. The molecule has 1 heterocycles. The van der Waals surface area contributed by atoms with Crippen LogP contribution in [0.3, 0.4) is 0 Å². The Morgan fingerprint density at radius 2 is 2.17 bits per heavy atom. The molecule has 0 aliphatic rings. The van der Waals surface area contributed by atoms with Crippen molar-refractivity contribution in [1.82, 2.24) is 9.88 Å². The predicted molar refractivity (Wildman–Crippen MR) is 91.8 cm³/mol. The van der Waals surface area contributed by atoms with E-state index in [0.717, 1.165) is 17.7 Å². The highest BCUT2D eigenvalue weighted by Crippen LogP contribution is 2.19. The van der Waals surface area contributed by atoms with Gasteiger partial charge in [-0.2, -0.15) is 5.26 Å². The highest BCUT2D eigenvalue weighted by molar-refractivity contribution is 5.90. The fourth-order valence-electron chi connectivity index (χ4n) is 2.27. The van der Waals surface area contributed by atoms with Crippen molar-refractivity contribution < 1.29 is 9.53 Å². The van der Waals surface area contributed by atoms with Gasteiger partial charge in [0.1, 0.15) is 5.75 Å². The number of methoxy groups -OCH3 is 1. The quantitative estimate of drug-likeness (QED) is 0.916. The van der Waals surface area contributed by atoms with Gasteiger partial charge in [-0.3, -0.25) is 4.98 Å². The van der Waals surface area contributed by atoms with Crippen LogP contribution >= 0.6 is 0 Å². The molecule has 2 aromatic rings. The van der Waals surface area contributed by atoms with Crippen LogP contribution in [0.5, 0.6) is 5.75 Å². The minimum absolute atomic E-state index is 0.237. The molecule has 24 heavy (non-hydrogen) atoms. The molecule has 6 nitrogen and oxygen atoms in total. The molecular formula is C18H20N4O2. The van der Waals surface area contributed by atoms with Crippen LogP contribution in [-0.2, 0) is 13.0 Å². The average molecular weight is 324 g/mol. The lowest BCUT2D eigenvalue weighted by Gasteiger charge is -2.19. The predicted octanol–water partition coefficient (Wildman–Crippen LogP) is 3.19. The molecule has 0 aliphatic carbocycles. The van der Waals surface area contributed by atoms with Crippen LogP contribution in [0.4, 0.5) is 10.5 Å². The molecule has 0 unspecified atom stereocenters. The van der Waals surface area contributed by atoms with Crippen molar-refractivity contribution in [1.29, 1.82) is 5.26 Å². The lowest BCUT2D eigenvalue weighted by atomic mass is 10.1. The average Bonchev–Trinajstić information content (AvgIpc) is 2.62. The van der Waals surface area contributed by atoms with E-state index >= 15 is 0 Å². The maximum absolute atomic E-state index is 12.4. The molecule has 1 aromatic carbocycles. The van der Waals surface area contributed by atoms with E-state index in [-0.39, 0.29) is 6.03 Å². The van der Waals surface area contributed by atoms with E-state index in [1.165, 1.54) is 0 Å². The van der Waals surface area contributed by atoms with Crippen molar-refractivity contribution in [2.75, 3.05) is 19.5 Å². The number of nitriles is 1. The van der Waals surface area contributed by atoms with Crippen LogP contribution in [0.15, 0.2) is 36.5 Å². The second-order valence-electron chi connectivity index (χ2n) is 5.31. The van der Waals surface area contributed by atoms with E-state index in [4.69, 9.17) is 10.00 Å². The number of aryl methyl sites for hydroxylation is 1. The van der Waals surface area contributed by atoms with Gasteiger partial charge in [-0.05, 0) is 36.2 Å². The number of nitrogens with one attached hydrogen (secondary N) is 1. The van der Waals surface area contributed by atoms with Crippen LogP contribution in [0.1, 0.15) is 23.7 Å². The monoisotopic (exact) mass is 324 g/mol. The molecule has 0 saturated heterocycles. The van der Waals surface area contributed by atoms with Gasteiger partial charge in [0.05, 0.1) is 31.0 Å². The second kappa shape index (κ2) is 7.97. The van der Waals surface area contributed by atoms with Crippen LogP contribution in [0.25, 0.3) is 0 Å². The number of carbonyl (C=O) groups excluding carboxylic acids is 1. The first kappa shape index (κ1) is 17.3. The first-order chi connectivity index (χ1) is 11.6. The molecule has 2 amide bonds. The number of amides is 2. The molecule has 0 fully saturated rings. The third kappa shape index (κ3) is 4.23. The minimum Gasteiger partial charge on any atom is -0.497 e. The molecule has 0 radical (unpaired) electrons. The Hall–Kier alpha value is -3.07. The molecule has 0 bridgehead atoms. The van der Waals surface area contributed by atoms with Crippen molar-refractivity contribution >= 4 is 11.7 Å². The summed E-state index contributed by atoms with van der Waals surface area (Å²) in [5.41, 5.74) is 2.96. The number of urea groups is 1. The molecule has 2 rings (SSSR count). The van der Waals surface area contributed by atoms with Crippen LogP contribution < -0.4 is 10.1 Å². The molecule has 1 N–H and O–H groups in total. The van der Waals surface area contributed by atoms with Gasteiger partial charge in [-0.1, -0.05) is 6.92 Å². The Balaban J connectivity index is 2.07. The third-order valence-corrected chi connectivity index (χ3v) is 3.63. The van der Waals surface area contributed by atoms with E-state index in [1.54, 1.807) is 55.6 Å². The highest BCUT2D eigenvalue weighted by atomic mass is 16.5. The van der Waals surface area contributed by atoms with Gasteiger partial charge in [0.15, 0.2) is 0 Å². The maximum atomic E-state index is 12.4. The number of ether oxygens (including phenoxy) is 1.